The van der Waals surface area contributed by atoms with Gasteiger partial charge in [0.1, 0.15) is 16.7 Å². The molecule has 0 bridgehead atoms. The van der Waals surface area contributed by atoms with Gasteiger partial charge in [0, 0.05) is 23.5 Å². The van der Waals surface area contributed by atoms with E-state index in [-0.39, 0.29) is 11.3 Å². The molecule has 0 aromatic carbocycles. The Balaban J connectivity index is 2.56. The van der Waals surface area contributed by atoms with Crippen LogP contribution < -0.4 is 0 Å². The van der Waals surface area contributed by atoms with Gasteiger partial charge >= 0.3 is 12.2 Å². The Morgan fingerprint density at radius 1 is 1.16 bits per heavy atom. The molecule has 1 aromatic rings. The molecule has 0 radical (unpaired) electrons. The molecule has 2 heterocycles. The minimum absolute atomic E-state index is 0.168. The maximum atomic E-state index is 13.0. The van der Waals surface area contributed by atoms with Gasteiger partial charge in [-0.25, -0.2) is 14.6 Å². The molecule has 2 rings (SSSR count). The standard InChI is InChI=1S/C21H30BrN3O5S/c1-19(2,3)29-17(26)25(18(27)30-20(4,5)6)16-24-21(7,15(28-8)12-31-16)14-11-13(22)9-10-23-14/h9-11,15H,12H2,1-8H3/t15-,21-/m1/s1. The summed E-state index contributed by atoms with van der Waals surface area (Å²) in [4.78, 5) is 36.1. The maximum Gasteiger partial charge on any atom is 0.426 e. The first-order valence-corrected chi connectivity index (χ1v) is 11.6. The van der Waals surface area contributed by atoms with E-state index in [1.807, 2.05) is 19.1 Å². The van der Waals surface area contributed by atoms with Gasteiger partial charge in [0.25, 0.3) is 0 Å². The smallest absolute Gasteiger partial charge is 0.426 e. The molecule has 31 heavy (non-hydrogen) atoms. The Kier molecular flexibility index (Phi) is 7.81. The lowest BCUT2D eigenvalue weighted by atomic mass is 9.91. The zero-order valence-corrected chi connectivity index (χ0v) is 21.6. The number of carbonyl (C=O) groups is 2. The number of aliphatic imine (C=N–C) groups is 1. The van der Waals surface area contributed by atoms with Gasteiger partial charge in [0.05, 0.1) is 11.8 Å². The second kappa shape index (κ2) is 9.46. The number of methoxy groups -OCH3 is 1. The molecule has 8 nitrogen and oxygen atoms in total. The summed E-state index contributed by atoms with van der Waals surface area (Å²) in [6.07, 6.45) is -0.377. The first-order chi connectivity index (χ1) is 14.2. The Hall–Kier alpha value is -1.65. The van der Waals surface area contributed by atoms with Gasteiger partial charge in [-0.2, -0.15) is 4.90 Å². The van der Waals surface area contributed by atoms with Gasteiger partial charge in [-0.1, -0.05) is 27.7 Å². The molecule has 10 heteroatoms. The van der Waals surface area contributed by atoms with Gasteiger partial charge in [-0.15, -0.1) is 0 Å². The number of aromatic nitrogens is 1. The SMILES string of the molecule is CO[C@@H]1CSC(N(C(=O)OC(C)(C)C)C(=O)OC(C)(C)C)=N[C@]1(C)c1cc(Br)ccn1. The first-order valence-electron chi connectivity index (χ1n) is 9.80. The number of nitrogens with zero attached hydrogens (tertiary/aromatic N) is 3. The molecule has 1 aliphatic heterocycles. The van der Waals surface area contributed by atoms with Crippen molar-refractivity contribution in [3.8, 4) is 0 Å². The molecule has 1 aromatic heterocycles. The van der Waals surface area contributed by atoms with Crippen LogP contribution in [0.2, 0.25) is 0 Å². The summed E-state index contributed by atoms with van der Waals surface area (Å²) < 4.78 is 17.5. The monoisotopic (exact) mass is 515 g/mol. The van der Waals surface area contributed by atoms with Crippen LogP contribution >= 0.6 is 27.7 Å². The van der Waals surface area contributed by atoms with Gasteiger partial charge in [-0.3, -0.25) is 4.98 Å². The lowest BCUT2D eigenvalue weighted by Gasteiger charge is -2.38. The summed E-state index contributed by atoms with van der Waals surface area (Å²) in [5, 5.41) is 0.168. The molecule has 172 valence electrons. The summed E-state index contributed by atoms with van der Waals surface area (Å²) in [6.45, 7) is 12.2. The first kappa shape index (κ1) is 25.6. The van der Waals surface area contributed by atoms with Crippen LogP contribution in [0.15, 0.2) is 27.8 Å². The van der Waals surface area contributed by atoms with Crippen LogP contribution in [-0.2, 0) is 19.7 Å². The molecule has 2 amide bonds. The average molecular weight is 516 g/mol. The van der Waals surface area contributed by atoms with E-state index in [0.717, 1.165) is 9.37 Å². The van der Waals surface area contributed by atoms with Crippen LogP contribution in [0.1, 0.15) is 54.2 Å². The molecular weight excluding hydrogens is 486 g/mol. The molecule has 0 aliphatic carbocycles. The topological polar surface area (TPSA) is 90.3 Å². The zero-order chi connectivity index (χ0) is 23.6. The number of thioether (sulfide) groups is 1. The largest absolute Gasteiger partial charge is 0.443 e. The third-order valence-corrected chi connectivity index (χ3v) is 5.68. The van der Waals surface area contributed by atoms with Crippen molar-refractivity contribution in [1.29, 1.82) is 0 Å². The summed E-state index contributed by atoms with van der Waals surface area (Å²) in [7, 11) is 1.60. The normalized spacial score (nSPS) is 21.8. The molecular formula is C21H30BrN3O5S. The number of rotatable bonds is 2. The van der Waals surface area contributed by atoms with Crippen LogP contribution in [-0.4, -0.2) is 57.4 Å². The number of hydrogen-bond donors (Lipinski definition) is 0. The average Bonchev–Trinajstić information content (AvgIpc) is 2.59. The fourth-order valence-electron chi connectivity index (χ4n) is 2.78. The second-order valence-electron chi connectivity index (χ2n) is 9.23. The molecule has 1 aliphatic rings. The minimum atomic E-state index is -0.943. The van der Waals surface area contributed by atoms with Crippen LogP contribution in [0.4, 0.5) is 9.59 Å². The zero-order valence-electron chi connectivity index (χ0n) is 19.2. The van der Waals surface area contributed by atoms with E-state index in [4.69, 9.17) is 19.2 Å². The van der Waals surface area contributed by atoms with Crippen molar-refractivity contribution < 1.29 is 23.8 Å². The highest BCUT2D eigenvalue weighted by molar-refractivity contribution is 9.10. The molecule has 0 saturated heterocycles. The molecule has 0 spiro atoms. The summed E-state index contributed by atoms with van der Waals surface area (Å²) >= 11 is 4.68. The van der Waals surface area contributed by atoms with Gasteiger partial charge < -0.3 is 14.2 Å². The second-order valence-corrected chi connectivity index (χ2v) is 11.1. The Morgan fingerprint density at radius 2 is 1.71 bits per heavy atom. The predicted molar refractivity (Wildman–Crippen MR) is 124 cm³/mol. The number of imide groups is 1. The molecule has 2 atom stereocenters. The van der Waals surface area contributed by atoms with Crippen LogP contribution in [0, 0.1) is 0 Å². The number of pyridine rings is 1. The number of carbonyl (C=O) groups excluding carboxylic acids is 2. The summed E-state index contributed by atoms with van der Waals surface area (Å²) in [5.41, 5.74) is -1.91. The third-order valence-electron chi connectivity index (χ3n) is 4.19. The predicted octanol–water partition coefficient (Wildman–Crippen LogP) is 5.35. The Morgan fingerprint density at radius 3 is 2.16 bits per heavy atom. The lowest BCUT2D eigenvalue weighted by molar-refractivity contribution is 0.0143. The van der Waals surface area contributed by atoms with Crippen molar-refractivity contribution >= 4 is 45.0 Å². The highest BCUT2D eigenvalue weighted by atomic mass is 79.9. The summed E-state index contributed by atoms with van der Waals surface area (Å²) in [6, 6.07) is 3.65. The van der Waals surface area contributed by atoms with Crippen molar-refractivity contribution in [3.63, 3.8) is 0 Å². The number of halogens is 1. The van der Waals surface area contributed by atoms with Gasteiger partial charge in [0.15, 0.2) is 5.17 Å². The molecule has 0 unspecified atom stereocenters. The van der Waals surface area contributed by atoms with Crippen molar-refractivity contribution in [2.45, 2.75) is 71.3 Å². The van der Waals surface area contributed by atoms with Crippen LogP contribution in [0.25, 0.3) is 0 Å². The lowest BCUT2D eigenvalue weighted by Crippen LogP contribution is -2.50. The van der Waals surface area contributed by atoms with E-state index in [2.05, 4.69) is 20.9 Å². The Labute approximate surface area is 196 Å². The van der Waals surface area contributed by atoms with E-state index < -0.39 is 28.9 Å². The van der Waals surface area contributed by atoms with Gasteiger partial charge in [0.2, 0.25) is 0 Å². The van der Waals surface area contributed by atoms with Crippen molar-refractivity contribution in [2.75, 3.05) is 12.9 Å². The van der Waals surface area contributed by atoms with Crippen LogP contribution in [0.5, 0.6) is 0 Å². The fourth-order valence-corrected chi connectivity index (χ4v) is 4.41. The Bertz CT molecular complexity index is 837. The highest BCUT2D eigenvalue weighted by Crippen LogP contribution is 2.38. The highest BCUT2D eigenvalue weighted by Gasteiger charge is 2.45. The van der Waals surface area contributed by atoms with E-state index in [1.54, 1.807) is 54.8 Å². The van der Waals surface area contributed by atoms with E-state index in [1.165, 1.54) is 11.8 Å². The molecule has 0 fully saturated rings. The fraction of sp³-hybridized carbons (Fsp3) is 0.619. The van der Waals surface area contributed by atoms with Crippen LogP contribution in [0.3, 0.4) is 0 Å². The van der Waals surface area contributed by atoms with E-state index in [9.17, 15) is 9.59 Å². The number of amides is 2. The van der Waals surface area contributed by atoms with Crippen molar-refractivity contribution in [2.24, 2.45) is 4.99 Å². The van der Waals surface area contributed by atoms with Gasteiger partial charge in [-0.05, 0) is 60.6 Å². The number of ether oxygens (including phenoxy) is 3. The number of amidine groups is 1. The van der Waals surface area contributed by atoms with Crippen molar-refractivity contribution in [1.82, 2.24) is 9.88 Å². The number of hydrogen-bond acceptors (Lipinski definition) is 8. The maximum absolute atomic E-state index is 13.0. The summed E-state index contributed by atoms with van der Waals surface area (Å²) in [5.74, 6) is 0.447. The third kappa shape index (κ3) is 6.66. The molecule has 0 saturated carbocycles. The van der Waals surface area contributed by atoms with Crippen molar-refractivity contribution in [3.05, 3.63) is 28.5 Å². The van der Waals surface area contributed by atoms with E-state index >= 15 is 0 Å². The van der Waals surface area contributed by atoms with E-state index in [0.29, 0.717) is 11.4 Å². The minimum Gasteiger partial charge on any atom is -0.443 e. The molecule has 0 N–H and O–H groups in total. The quantitative estimate of drug-likeness (QED) is 0.524.